The number of hydrogen-bond acceptors (Lipinski definition) is 7. The molecule has 0 atom stereocenters. The molecule has 2 rings (SSSR count). The average Bonchev–Trinajstić information content (AvgIpc) is 2.70. The van der Waals surface area contributed by atoms with E-state index in [1.807, 2.05) is 20.8 Å². The number of anilines is 1. The maximum atomic E-state index is 12.3. The van der Waals surface area contributed by atoms with Crippen LogP contribution in [0, 0.1) is 0 Å². The van der Waals surface area contributed by atoms with Crippen LogP contribution in [-0.2, 0) is 11.2 Å². The van der Waals surface area contributed by atoms with Gasteiger partial charge >= 0.3 is 0 Å². The predicted octanol–water partition coefficient (Wildman–Crippen LogP) is 3.21. The van der Waals surface area contributed by atoms with Crippen molar-refractivity contribution in [2.75, 3.05) is 33.3 Å². The number of nitrogens with zero attached hydrogens (tertiary/aromatic N) is 2. The summed E-state index contributed by atoms with van der Waals surface area (Å²) >= 11 is 0. The molecule has 0 aliphatic carbocycles. The number of methoxy groups -OCH3 is 3. The molecular formula is C20H27N3O5. The number of benzene rings is 1. The van der Waals surface area contributed by atoms with Crippen LogP contribution in [0.3, 0.4) is 0 Å². The summed E-state index contributed by atoms with van der Waals surface area (Å²) in [5.41, 5.74) is 1.38. The van der Waals surface area contributed by atoms with E-state index >= 15 is 0 Å². The number of aromatic nitrogens is 2. The maximum absolute atomic E-state index is 12.3. The topological polar surface area (TPSA) is 91.8 Å². The van der Waals surface area contributed by atoms with Gasteiger partial charge in [0.1, 0.15) is 5.82 Å². The van der Waals surface area contributed by atoms with Gasteiger partial charge in [0.15, 0.2) is 18.1 Å². The Balaban J connectivity index is 2.10. The van der Waals surface area contributed by atoms with Crippen LogP contribution in [0.15, 0.2) is 18.2 Å². The van der Waals surface area contributed by atoms with E-state index in [2.05, 4.69) is 15.3 Å². The molecule has 0 fully saturated rings. The Morgan fingerprint density at radius 2 is 1.68 bits per heavy atom. The van der Waals surface area contributed by atoms with E-state index in [1.54, 1.807) is 18.2 Å². The van der Waals surface area contributed by atoms with E-state index in [0.29, 0.717) is 41.1 Å². The fraction of sp³-hybridized carbons (Fsp3) is 0.450. The third kappa shape index (κ3) is 5.25. The number of aryl methyl sites for hydroxylation is 1. The lowest BCUT2D eigenvalue weighted by Crippen LogP contribution is -2.21. The van der Waals surface area contributed by atoms with Gasteiger partial charge in [0, 0.05) is 30.3 Å². The summed E-state index contributed by atoms with van der Waals surface area (Å²) < 4.78 is 21.4. The molecule has 2 aromatic rings. The average molecular weight is 389 g/mol. The third-order valence-electron chi connectivity index (χ3n) is 3.98. The molecule has 0 aliphatic heterocycles. The number of ether oxygens (including phenoxy) is 4. The molecule has 0 unspecified atom stereocenters. The number of carbonyl (C=O) groups excluding carboxylic acids is 1. The van der Waals surface area contributed by atoms with Crippen LogP contribution < -0.4 is 24.3 Å². The molecule has 1 aromatic carbocycles. The highest BCUT2D eigenvalue weighted by molar-refractivity contribution is 5.92. The Hall–Kier alpha value is -3.03. The van der Waals surface area contributed by atoms with Gasteiger partial charge in [0.25, 0.3) is 5.91 Å². The summed E-state index contributed by atoms with van der Waals surface area (Å²) in [4.78, 5) is 21.1. The summed E-state index contributed by atoms with van der Waals surface area (Å²) in [7, 11) is 4.54. The molecule has 0 bridgehead atoms. The minimum Gasteiger partial charge on any atom is -0.493 e. The molecule has 0 saturated carbocycles. The molecule has 0 radical (unpaired) electrons. The normalized spacial score (nSPS) is 10.5. The van der Waals surface area contributed by atoms with Crippen molar-refractivity contribution in [2.45, 2.75) is 33.1 Å². The van der Waals surface area contributed by atoms with Gasteiger partial charge in [0.2, 0.25) is 11.6 Å². The van der Waals surface area contributed by atoms with Crippen molar-refractivity contribution in [1.82, 2.24) is 9.97 Å². The quantitative estimate of drug-likeness (QED) is 0.704. The molecule has 1 amide bonds. The van der Waals surface area contributed by atoms with Crippen molar-refractivity contribution >= 4 is 11.6 Å². The second kappa shape index (κ2) is 9.77. The Bertz CT molecular complexity index is 798. The summed E-state index contributed by atoms with van der Waals surface area (Å²) in [5, 5.41) is 2.76. The standard InChI is InChI=1S/C20H27N3O5/c1-7-17-22-14(12(2)3)10-19(23-17)28-11-18(24)21-13-8-15(25-4)20(27-6)16(9-13)26-5/h8-10,12H,7,11H2,1-6H3,(H,21,24). The lowest BCUT2D eigenvalue weighted by molar-refractivity contribution is -0.118. The van der Waals surface area contributed by atoms with Gasteiger partial charge in [-0.3, -0.25) is 4.79 Å². The Kier molecular flexibility index (Phi) is 7.43. The van der Waals surface area contributed by atoms with E-state index in [9.17, 15) is 4.79 Å². The van der Waals surface area contributed by atoms with Gasteiger partial charge in [-0.2, -0.15) is 4.98 Å². The fourth-order valence-corrected chi connectivity index (χ4v) is 2.51. The van der Waals surface area contributed by atoms with Crippen LogP contribution in [-0.4, -0.2) is 43.8 Å². The minimum atomic E-state index is -0.336. The van der Waals surface area contributed by atoms with Crippen molar-refractivity contribution in [3.63, 3.8) is 0 Å². The SMILES string of the molecule is CCc1nc(OCC(=O)Nc2cc(OC)c(OC)c(OC)c2)cc(C(C)C)n1. The molecule has 1 N–H and O–H groups in total. The molecule has 1 heterocycles. The maximum Gasteiger partial charge on any atom is 0.262 e. The predicted molar refractivity (Wildman–Crippen MR) is 106 cm³/mol. The summed E-state index contributed by atoms with van der Waals surface area (Å²) in [6.45, 7) is 5.88. The summed E-state index contributed by atoms with van der Waals surface area (Å²) in [6, 6.07) is 5.06. The molecule has 0 saturated heterocycles. The minimum absolute atomic E-state index is 0.186. The molecule has 0 aliphatic rings. The molecule has 1 aromatic heterocycles. The van der Waals surface area contributed by atoms with Crippen molar-refractivity contribution in [3.05, 3.63) is 29.7 Å². The summed E-state index contributed by atoms with van der Waals surface area (Å²) in [6.07, 6.45) is 0.689. The van der Waals surface area contributed by atoms with Gasteiger partial charge in [-0.25, -0.2) is 4.98 Å². The van der Waals surface area contributed by atoms with Gasteiger partial charge in [-0.1, -0.05) is 20.8 Å². The number of carbonyl (C=O) groups is 1. The zero-order chi connectivity index (χ0) is 20.7. The molecule has 28 heavy (non-hydrogen) atoms. The first-order chi connectivity index (χ1) is 13.4. The first-order valence-electron chi connectivity index (χ1n) is 9.02. The van der Waals surface area contributed by atoms with Gasteiger partial charge in [0.05, 0.1) is 27.0 Å². The van der Waals surface area contributed by atoms with Gasteiger partial charge < -0.3 is 24.3 Å². The van der Waals surface area contributed by atoms with Crippen LogP contribution in [0.4, 0.5) is 5.69 Å². The first-order valence-corrected chi connectivity index (χ1v) is 9.02. The van der Waals surface area contributed by atoms with Crippen molar-refractivity contribution < 1.29 is 23.7 Å². The number of hydrogen-bond donors (Lipinski definition) is 1. The van der Waals surface area contributed by atoms with Crippen LogP contribution in [0.25, 0.3) is 0 Å². The smallest absolute Gasteiger partial charge is 0.262 e. The van der Waals surface area contributed by atoms with Crippen LogP contribution in [0.2, 0.25) is 0 Å². The van der Waals surface area contributed by atoms with E-state index in [-0.39, 0.29) is 18.4 Å². The van der Waals surface area contributed by atoms with Crippen molar-refractivity contribution in [3.8, 4) is 23.1 Å². The van der Waals surface area contributed by atoms with E-state index in [1.165, 1.54) is 21.3 Å². The zero-order valence-corrected chi connectivity index (χ0v) is 17.2. The zero-order valence-electron chi connectivity index (χ0n) is 17.2. The molecule has 8 heteroatoms. The van der Waals surface area contributed by atoms with Crippen molar-refractivity contribution in [1.29, 1.82) is 0 Å². The fourth-order valence-electron chi connectivity index (χ4n) is 2.51. The lowest BCUT2D eigenvalue weighted by Gasteiger charge is -2.15. The van der Waals surface area contributed by atoms with Gasteiger partial charge in [-0.15, -0.1) is 0 Å². The highest BCUT2D eigenvalue weighted by Crippen LogP contribution is 2.39. The molecule has 152 valence electrons. The van der Waals surface area contributed by atoms with E-state index < -0.39 is 0 Å². The second-order valence-electron chi connectivity index (χ2n) is 6.31. The Labute approximate surface area is 165 Å². The molecular weight excluding hydrogens is 362 g/mol. The molecule has 0 spiro atoms. The highest BCUT2D eigenvalue weighted by Gasteiger charge is 2.15. The van der Waals surface area contributed by atoms with Crippen molar-refractivity contribution in [2.24, 2.45) is 0 Å². The Morgan fingerprint density at radius 1 is 1.04 bits per heavy atom. The molecule has 8 nitrogen and oxygen atoms in total. The van der Waals surface area contributed by atoms with Crippen LogP contribution in [0.1, 0.15) is 38.2 Å². The number of nitrogens with one attached hydrogen (secondary N) is 1. The summed E-state index contributed by atoms with van der Waals surface area (Å²) in [5.74, 6) is 2.32. The third-order valence-corrected chi connectivity index (χ3v) is 3.98. The highest BCUT2D eigenvalue weighted by atomic mass is 16.5. The second-order valence-corrected chi connectivity index (χ2v) is 6.31. The van der Waals surface area contributed by atoms with Crippen LogP contribution >= 0.6 is 0 Å². The van der Waals surface area contributed by atoms with Gasteiger partial charge in [-0.05, 0) is 5.92 Å². The monoisotopic (exact) mass is 389 g/mol. The van der Waals surface area contributed by atoms with E-state index in [4.69, 9.17) is 18.9 Å². The Morgan fingerprint density at radius 3 is 2.18 bits per heavy atom. The van der Waals surface area contributed by atoms with E-state index in [0.717, 1.165) is 5.69 Å². The van der Waals surface area contributed by atoms with Crippen LogP contribution in [0.5, 0.6) is 23.1 Å². The number of rotatable bonds is 9. The largest absolute Gasteiger partial charge is 0.493 e. The first kappa shape index (κ1) is 21.3. The number of amides is 1. The lowest BCUT2D eigenvalue weighted by atomic mass is 10.1.